The number of hydrogen-bond acceptors (Lipinski definition) is 5. The van der Waals surface area contributed by atoms with Gasteiger partial charge in [-0.05, 0) is 18.6 Å². The first-order valence-corrected chi connectivity index (χ1v) is 9.78. The number of carboxylic acid groups (broad SMARTS) is 1. The highest BCUT2D eigenvalue weighted by Crippen LogP contribution is 2.31. The lowest BCUT2D eigenvalue weighted by Gasteiger charge is -2.27. The van der Waals surface area contributed by atoms with E-state index in [4.69, 9.17) is 9.84 Å². The molecule has 1 saturated heterocycles. The molecule has 0 spiro atoms. The zero-order chi connectivity index (χ0) is 20.3. The van der Waals surface area contributed by atoms with Gasteiger partial charge in [0.15, 0.2) is 5.82 Å². The smallest absolute Gasteiger partial charge is 0.404 e. The molecule has 1 aliphatic heterocycles. The Labute approximate surface area is 159 Å². The molecule has 3 heterocycles. The van der Waals surface area contributed by atoms with Crippen molar-refractivity contribution in [2.45, 2.75) is 6.42 Å². The molecule has 0 aromatic carbocycles. The highest BCUT2D eigenvalue weighted by Gasteiger charge is 2.32. The fraction of sp³-hybridized carbons (Fsp3) is 0.375. The van der Waals surface area contributed by atoms with Crippen molar-refractivity contribution in [3.63, 3.8) is 0 Å². The van der Waals surface area contributed by atoms with E-state index >= 15 is 4.39 Å². The maximum absolute atomic E-state index is 15.1. The van der Waals surface area contributed by atoms with Crippen molar-refractivity contribution in [2.75, 3.05) is 32.8 Å². The number of nitrogens with zero attached hydrogens (tertiary/aromatic N) is 3. The second-order valence-corrected chi connectivity index (χ2v) is 7.76. The molecule has 0 radical (unpaired) electrons. The standard InChI is InChI=1S/C16H18F2N4O5S/c17-13-11(3-5-20-16(23)24)10-22(14(13)12-2-1-4-19-15(12)18)28(25,26)21-6-8-27-9-7-21/h1-2,4,10,20H,3,5-9H2,(H,23,24). The quantitative estimate of drug-likeness (QED) is 0.681. The predicted octanol–water partition coefficient (Wildman–Crippen LogP) is 1.06. The number of nitrogens with one attached hydrogen (secondary N) is 1. The second-order valence-electron chi connectivity index (χ2n) is 5.96. The second kappa shape index (κ2) is 8.20. The first kappa shape index (κ1) is 20.2. The van der Waals surface area contributed by atoms with Crippen LogP contribution in [0.2, 0.25) is 0 Å². The van der Waals surface area contributed by atoms with Crippen molar-refractivity contribution in [3.8, 4) is 11.3 Å². The van der Waals surface area contributed by atoms with Crippen LogP contribution in [0.15, 0.2) is 24.5 Å². The molecule has 2 N–H and O–H groups in total. The molecule has 0 aliphatic carbocycles. The zero-order valence-electron chi connectivity index (χ0n) is 14.6. The molecule has 0 bridgehead atoms. The van der Waals surface area contributed by atoms with E-state index in [2.05, 4.69) is 10.3 Å². The Balaban J connectivity index is 2.09. The van der Waals surface area contributed by atoms with Gasteiger partial charge in [0.1, 0.15) is 5.69 Å². The van der Waals surface area contributed by atoms with Crippen LogP contribution in [0.1, 0.15) is 5.56 Å². The van der Waals surface area contributed by atoms with Gasteiger partial charge in [-0.2, -0.15) is 17.1 Å². The number of amides is 1. The maximum Gasteiger partial charge on any atom is 0.404 e. The van der Waals surface area contributed by atoms with Gasteiger partial charge in [-0.3, -0.25) is 0 Å². The van der Waals surface area contributed by atoms with Gasteiger partial charge in [-0.15, -0.1) is 0 Å². The topological polar surface area (TPSA) is 114 Å². The van der Waals surface area contributed by atoms with Crippen LogP contribution in [-0.2, 0) is 21.4 Å². The largest absolute Gasteiger partial charge is 0.465 e. The van der Waals surface area contributed by atoms with E-state index in [9.17, 15) is 17.6 Å². The molecule has 2 aromatic rings. The van der Waals surface area contributed by atoms with Gasteiger partial charge in [0.25, 0.3) is 0 Å². The van der Waals surface area contributed by atoms with Crippen LogP contribution in [-0.4, -0.2) is 65.7 Å². The van der Waals surface area contributed by atoms with Crippen LogP contribution < -0.4 is 5.32 Å². The molecule has 12 heteroatoms. The lowest BCUT2D eigenvalue weighted by atomic mass is 10.1. The Morgan fingerprint density at radius 3 is 2.68 bits per heavy atom. The Bertz CT molecular complexity index is 973. The van der Waals surface area contributed by atoms with Crippen LogP contribution in [0.3, 0.4) is 0 Å². The summed E-state index contributed by atoms with van der Waals surface area (Å²) in [6.45, 7) is 0.396. The van der Waals surface area contributed by atoms with Gasteiger partial charge in [-0.1, -0.05) is 0 Å². The van der Waals surface area contributed by atoms with E-state index in [0.29, 0.717) is 3.97 Å². The fourth-order valence-corrected chi connectivity index (χ4v) is 4.40. The normalized spacial score (nSPS) is 15.5. The van der Waals surface area contributed by atoms with E-state index in [1.165, 1.54) is 12.1 Å². The third-order valence-electron chi connectivity index (χ3n) is 4.21. The predicted molar refractivity (Wildman–Crippen MR) is 94.0 cm³/mol. The maximum atomic E-state index is 15.1. The van der Waals surface area contributed by atoms with Gasteiger partial charge in [-0.25, -0.2) is 18.1 Å². The van der Waals surface area contributed by atoms with Crippen LogP contribution in [0.5, 0.6) is 0 Å². The summed E-state index contributed by atoms with van der Waals surface area (Å²) < 4.78 is 62.4. The molecule has 28 heavy (non-hydrogen) atoms. The molecule has 1 amide bonds. The van der Waals surface area contributed by atoms with Crippen molar-refractivity contribution in [3.05, 3.63) is 41.9 Å². The Morgan fingerprint density at radius 2 is 2.04 bits per heavy atom. The number of hydrogen-bond donors (Lipinski definition) is 2. The van der Waals surface area contributed by atoms with Gasteiger partial charge in [0, 0.05) is 37.6 Å². The Morgan fingerprint density at radius 1 is 1.32 bits per heavy atom. The van der Waals surface area contributed by atoms with E-state index in [0.717, 1.165) is 16.7 Å². The van der Waals surface area contributed by atoms with E-state index in [1.54, 1.807) is 0 Å². The summed E-state index contributed by atoms with van der Waals surface area (Å²) in [4.78, 5) is 14.1. The summed E-state index contributed by atoms with van der Waals surface area (Å²) in [5.74, 6) is -1.97. The number of carbonyl (C=O) groups is 1. The highest BCUT2D eigenvalue weighted by atomic mass is 32.2. The monoisotopic (exact) mass is 416 g/mol. The molecule has 0 unspecified atom stereocenters. The summed E-state index contributed by atoms with van der Waals surface area (Å²) in [6, 6.07) is 2.59. The summed E-state index contributed by atoms with van der Waals surface area (Å²) in [6.07, 6.45) is 0.807. The Kier molecular flexibility index (Phi) is 5.91. The van der Waals surface area contributed by atoms with E-state index in [1.807, 2.05) is 0 Å². The number of rotatable bonds is 6. The SMILES string of the molecule is O=C(O)NCCc1cn(S(=O)(=O)N2CCOCC2)c(-c2cccnc2F)c1F. The minimum Gasteiger partial charge on any atom is -0.465 e. The molecule has 1 aliphatic rings. The zero-order valence-corrected chi connectivity index (χ0v) is 15.5. The third kappa shape index (κ3) is 3.98. The van der Waals surface area contributed by atoms with E-state index in [-0.39, 0.29) is 50.4 Å². The van der Waals surface area contributed by atoms with Crippen molar-refractivity contribution in [1.82, 2.24) is 18.6 Å². The molecule has 9 nitrogen and oxygen atoms in total. The minimum absolute atomic E-state index is 0.0659. The van der Waals surface area contributed by atoms with Gasteiger partial charge in [0.05, 0.1) is 18.8 Å². The number of halogens is 2. The summed E-state index contributed by atoms with van der Waals surface area (Å²) in [5.41, 5.74) is -0.861. The fourth-order valence-electron chi connectivity index (χ4n) is 2.87. The average molecular weight is 416 g/mol. The number of aromatic nitrogens is 2. The van der Waals surface area contributed by atoms with Crippen LogP contribution in [0.4, 0.5) is 13.6 Å². The van der Waals surface area contributed by atoms with Gasteiger partial charge >= 0.3 is 16.3 Å². The number of morpholine rings is 1. The van der Waals surface area contributed by atoms with Gasteiger partial charge < -0.3 is 15.2 Å². The minimum atomic E-state index is -4.20. The molecular formula is C16H18F2N4O5S. The lowest BCUT2D eigenvalue weighted by Crippen LogP contribution is -2.43. The first-order chi connectivity index (χ1) is 13.3. The molecular weight excluding hydrogens is 398 g/mol. The van der Waals surface area contributed by atoms with Crippen LogP contribution >= 0.6 is 0 Å². The Hall–Kier alpha value is -2.57. The molecule has 1 fully saturated rings. The molecule has 3 rings (SSSR count). The molecule has 2 aromatic heterocycles. The van der Waals surface area contributed by atoms with Crippen LogP contribution in [0.25, 0.3) is 11.3 Å². The average Bonchev–Trinajstić information content (AvgIpc) is 3.00. The van der Waals surface area contributed by atoms with Crippen molar-refractivity contribution < 1.29 is 31.8 Å². The first-order valence-electron chi connectivity index (χ1n) is 8.38. The van der Waals surface area contributed by atoms with Crippen molar-refractivity contribution in [1.29, 1.82) is 0 Å². The van der Waals surface area contributed by atoms with E-state index < -0.39 is 33.8 Å². The lowest BCUT2D eigenvalue weighted by molar-refractivity contribution is 0.0726. The molecule has 0 atom stereocenters. The van der Waals surface area contributed by atoms with Crippen molar-refractivity contribution >= 4 is 16.3 Å². The molecule has 0 saturated carbocycles. The van der Waals surface area contributed by atoms with Crippen LogP contribution in [0, 0.1) is 11.8 Å². The molecule has 152 valence electrons. The summed E-state index contributed by atoms with van der Waals surface area (Å²) in [7, 11) is -4.20. The third-order valence-corrected chi connectivity index (χ3v) is 6.02. The number of ether oxygens (including phenoxy) is 1. The summed E-state index contributed by atoms with van der Waals surface area (Å²) in [5, 5.41) is 10.7. The highest BCUT2D eigenvalue weighted by molar-refractivity contribution is 7.87. The van der Waals surface area contributed by atoms with Crippen molar-refractivity contribution in [2.24, 2.45) is 0 Å². The van der Waals surface area contributed by atoms with Gasteiger partial charge in [0.2, 0.25) is 5.95 Å². The summed E-state index contributed by atoms with van der Waals surface area (Å²) >= 11 is 0. The number of pyridine rings is 1.